The lowest BCUT2D eigenvalue weighted by Crippen LogP contribution is -2.39. The van der Waals surface area contributed by atoms with Gasteiger partial charge in [0.25, 0.3) is 8.09 Å². The number of nitrogens with zero attached hydrogens (tertiary/aromatic N) is 1. The summed E-state index contributed by atoms with van der Waals surface area (Å²) in [6.07, 6.45) is 0.506. The maximum atomic E-state index is 13.1. The Kier molecular flexibility index (Phi) is 10.6. The minimum absolute atomic E-state index is 0.211. The van der Waals surface area contributed by atoms with E-state index < -0.39 is 37.7 Å². The second kappa shape index (κ2) is 12.9. The molecule has 0 aliphatic carbocycles. The van der Waals surface area contributed by atoms with Crippen LogP contribution in [0.2, 0.25) is 0 Å². The van der Waals surface area contributed by atoms with Crippen LogP contribution in [0.25, 0.3) is 0 Å². The number of ether oxygens (including phenoxy) is 2. The lowest BCUT2D eigenvalue weighted by Gasteiger charge is -2.22. The number of esters is 2. The van der Waals surface area contributed by atoms with Crippen molar-refractivity contribution >= 4 is 20.0 Å². The standard InChI is InChI=1S/C27H37N2O5P/c1-26(2,3)19-33-24(30)22(17-20-13-9-7-10-14-20)28-35(32)29-23(25(31)34-27(4,5)6)18-21-15-11-8-12-16-21/h7-16,22-23H,17-19H2,1-6H3,(H,28,29)/t22-,23-/m1/s1. The average molecular weight is 501 g/mol. The zero-order valence-electron chi connectivity index (χ0n) is 21.5. The molecule has 2 rings (SSSR count). The van der Waals surface area contributed by atoms with E-state index in [1.165, 1.54) is 0 Å². The second-order valence-corrected chi connectivity index (χ2v) is 11.7. The molecule has 0 aliphatic rings. The Bertz CT molecular complexity index is 982. The SMILES string of the molecule is CC(C)(C)COC(=O)[C@@H](Cc1ccccc1)N[P+]([O-])=N[C@H](Cc1ccccc1)C(=O)OC(C)(C)C. The highest BCUT2D eigenvalue weighted by Gasteiger charge is 2.30. The molecule has 35 heavy (non-hydrogen) atoms. The van der Waals surface area contributed by atoms with Crippen molar-refractivity contribution in [1.82, 2.24) is 5.09 Å². The number of carbonyl (C=O) groups is 2. The van der Waals surface area contributed by atoms with Crippen molar-refractivity contribution in [2.24, 2.45) is 10.2 Å². The smallest absolute Gasteiger partial charge is 0.335 e. The molecular weight excluding hydrogens is 463 g/mol. The van der Waals surface area contributed by atoms with Crippen LogP contribution in [-0.2, 0) is 31.9 Å². The summed E-state index contributed by atoms with van der Waals surface area (Å²) in [6.45, 7) is 11.4. The number of rotatable bonds is 10. The summed E-state index contributed by atoms with van der Waals surface area (Å²) in [5.41, 5.74) is 0.819. The minimum atomic E-state index is -2.47. The van der Waals surface area contributed by atoms with Crippen LogP contribution >= 0.6 is 8.09 Å². The Labute approximate surface area is 209 Å². The lowest BCUT2D eigenvalue weighted by atomic mass is 9.98. The summed E-state index contributed by atoms with van der Waals surface area (Å²) in [5.74, 6) is -1.08. The molecule has 3 atom stereocenters. The number of hydrogen-bond donors (Lipinski definition) is 1. The molecule has 1 unspecified atom stereocenters. The van der Waals surface area contributed by atoms with Gasteiger partial charge in [-0.2, -0.15) is 0 Å². The Balaban J connectivity index is 2.25. The van der Waals surface area contributed by atoms with Crippen LogP contribution in [0.15, 0.2) is 65.4 Å². The lowest BCUT2D eigenvalue weighted by molar-refractivity contribution is -0.164. The fraction of sp³-hybridized carbons (Fsp3) is 0.481. The third kappa shape index (κ3) is 11.6. The van der Waals surface area contributed by atoms with Crippen molar-refractivity contribution in [3.63, 3.8) is 0 Å². The molecule has 0 radical (unpaired) electrons. The van der Waals surface area contributed by atoms with Gasteiger partial charge in [0.05, 0.1) is 6.61 Å². The zero-order chi connectivity index (χ0) is 26.1. The van der Waals surface area contributed by atoms with Crippen molar-refractivity contribution in [3.8, 4) is 0 Å². The number of nitrogens with one attached hydrogen (secondary N) is 1. The van der Waals surface area contributed by atoms with Gasteiger partial charge in [0.15, 0.2) is 12.1 Å². The van der Waals surface area contributed by atoms with E-state index in [0.29, 0.717) is 0 Å². The molecule has 0 saturated carbocycles. The molecular formula is C27H37N2O5P. The van der Waals surface area contributed by atoms with Crippen LogP contribution < -0.4 is 9.98 Å². The van der Waals surface area contributed by atoms with Crippen LogP contribution in [0.4, 0.5) is 0 Å². The van der Waals surface area contributed by atoms with Gasteiger partial charge in [-0.05, 0) is 37.3 Å². The Hall–Kier alpha value is -2.60. The molecule has 0 amide bonds. The molecule has 0 spiro atoms. The molecule has 0 bridgehead atoms. The quantitative estimate of drug-likeness (QED) is 0.379. The summed E-state index contributed by atoms with van der Waals surface area (Å²) < 4.78 is 15.3. The topological polar surface area (TPSA) is 100 Å². The van der Waals surface area contributed by atoms with Gasteiger partial charge in [0.2, 0.25) is 0 Å². The highest BCUT2D eigenvalue weighted by Crippen LogP contribution is 2.21. The van der Waals surface area contributed by atoms with E-state index in [1.807, 2.05) is 81.4 Å². The maximum absolute atomic E-state index is 13.1. The van der Waals surface area contributed by atoms with Crippen molar-refractivity contribution in [3.05, 3.63) is 71.8 Å². The fourth-order valence-corrected chi connectivity index (χ4v) is 4.05. The van der Waals surface area contributed by atoms with E-state index in [4.69, 9.17) is 9.47 Å². The van der Waals surface area contributed by atoms with Gasteiger partial charge in [0, 0.05) is 12.8 Å². The van der Waals surface area contributed by atoms with E-state index in [1.54, 1.807) is 20.8 Å². The molecule has 2 aromatic rings. The molecule has 2 aromatic carbocycles. The third-order valence-electron chi connectivity index (χ3n) is 4.68. The Morgan fingerprint density at radius 1 is 0.886 bits per heavy atom. The zero-order valence-corrected chi connectivity index (χ0v) is 22.4. The summed E-state index contributed by atoms with van der Waals surface area (Å²) in [5, 5.41) is 2.80. The maximum Gasteiger partial charge on any atom is 0.335 e. The predicted molar refractivity (Wildman–Crippen MR) is 137 cm³/mol. The molecule has 0 fully saturated rings. The van der Waals surface area contributed by atoms with E-state index in [9.17, 15) is 14.5 Å². The van der Waals surface area contributed by atoms with Gasteiger partial charge < -0.3 is 14.4 Å². The van der Waals surface area contributed by atoms with Crippen LogP contribution in [-0.4, -0.2) is 36.2 Å². The van der Waals surface area contributed by atoms with E-state index in [-0.39, 0.29) is 24.9 Å². The summed E-state index contributed by atoms with van der Waals surface area (Å²) in [7, 11) is -2.47. The van der Waals surface area contributed by atoms with Gasteiger partial charge in [-0.15, -0.1) is 5.09 Å². The molecule has 7 nitrogen and oxygen atoms in total. The molecule has 190 valence electrons. The first-order valence-corrected chi connectivity index (χ1v) is 13.0. The fourth-order valence-electron chi connectivity index (χ4n) is 3.09. The summed E-state index contributed by atoms with van der Waals surface area (Å²) in [6, 6.07) is 16.9. The van der Waals surface area contributed by atoms with E-state index >= 15 is 0 Å². The van der Waals surface area contributed by atoms with E-state index in [0.717, 1.165) is 11.1 Å². The van der Waals surface area contributed by atoms with Crippen molar-refractivity contribution < 1.29 is 24.0 Å². The molecule has 0 saturated heterocycles. The van der Waals surface area contributed by atoms with Crippen LogP contribution in [0.1, 0.15) is 52.7 Å². The summed E-state index contributed by atoms with van der Waals surface area (Å²) in [4.78, 5) is 38.8. The molecule has 1 N–H and O–H groups in total. The van der Waals surface area contributed by atoms with Gasteiger partial charge >= 0.3 is 11.9 Å². The third-order valence-corrected chi connectivity index (χ3v) is 5.70. The van der Waals surface area contributed by atoms with Gasteiger partial charge in [-0.3, -0.25) is 4.79 Å². The first kappa shape index (κ1) is 28.6. The average Bonchev–Trinajstić information content (AvgIpc) is 2.76. The minimum Gasteiger partial charge on any atom is -0.595 e. The predicted octanol–water partition coefficient (Wildman–Crippen LogP) is 4.59. The van der Waals surface area contributed by atoms with Gasteiger partial charge in [-0.1, -0.05) is 86.2 Å². The molecule has 8 heteroatoms. The second-order valence-electron chi connectivity index (χ2n) is 10.7. The first-order valence-electron chi connectivity index (χ1n) is 11.7. The summed E-state index contributed by atoms with van der Waals surface area (Å²) >= 11 is 0. The van der Waals surface area contributed by atoms with E-state index in [2.05, 4.69) is 9.83 Å². The monoisotopic (exact) mass is 500 g/mol. The van der Waals surface area contributed by atoms with Crippen molar-refractivity contribution in [2.45, 2.75) is 72.1 Å². The van der Waals surface area contributed by atoms with Crippen molar-refractivity contribution in [1.29, 1.82) is 0 Å². The van der Waals surface area contributed by atoms with Gasteiger partial charge in [-0.25, -0.2) is 4.79 Å². The van der Waals surface area contributed by atoms with Crippen LogP contribution in [0.3, 0.4) is 0 Å². The normalized spacial score (nSPS) is 14.2. The van der Waals surface area contributed by atoms with Crippen molar-refractivity contribution in [2.75, 3.05) is 6.61 Å². The number of benzene rings is 2. The first-order chi connectivity index (χ1) is 16.3. The van der Waals surface area contributed by atoms with Crippen LogP contribution in [0.5, 0.6) is 0 Å². The molecule has 0 aromatic heterocycles. The molecule has 0 heterocycles. The Morgan fingerprint density at radius 3 is 1.89 bits per heavy atom. The largest absolute Gasteiger partial charge is 0.595 e. The number of carbonyl (C=O) groups excluding carboxylic acids is 2. The number of hydrogen-bond acceptors (Lipinski definition) is 6. The molecule has 0 aliphatic heterocycles. The van der Waals surface area contributed by atoms with Crippen LogP contribution in [0, 0.1) is 5.41 Å². The van der Waals surface area contributed by atoms with Gasteiger partial charge in [0.1, 0.15) is 5.60 Å². The highest BCUT2D eigenvalue weighted by atomic mass is 31.1. The Morgan fingerprint density at radius 2 is 1.40 bits per heavy atom. The highest BCUT2D eigenvalue weighted by molar-refractivity contribution is 7.37.